The van der Waals surface area contributed by atoms with Crippen LogP contribution in [0.5, 0.6) is 0 Å². The van der Waals surface area contributed by atoms with Gasteiger partial charge in [-0.3, -0.25) is 4.79 Å². The van der Waals surface area contributed by atoms with Crippen molar-refractivity contribution in [1.82, 2.24) is 19.8 Å². The van der Waals surface area contributed by atoms with Gasteiger partial charge in [-0.05, 0) is 19.4 Å². The largest absolute Gasteiger partial charge is 0.330 e. The molecule has 1 aromatic rings. The molecule has 1 fully saturated rings. The summed E-state index contributed by atoms with van der Waals surface area (Å²) in [5, 5.41) is 3.35. The van der Waals surface area contributed by atoms with E-state index in [0.717, 1.165) is 39.0 Å². The summed E-state index contributed by atoms with van der Waals surface area (Å²) >= 11 is 0. The van der Waals surface area contributed by atoms with Crippen LogP contribution in [0, 0.1) is 0 Å². The summed E-state index contributed by atoms with van der Waals surface area (Å²) in [6, 6.07) is 0.353. The lowest BCUT2D eigenvalue weighted by Crippen LogP contribution is -2.52. The molecule has 17 heavy (non-hydrogen) atoms. The molecule has 1 aromatic heterocycles. The highest BCUT2D eigenvalue weighted by atomic mass is 35.5. The zero-order valence-corrected chi connectivity index (χ0v) is 10.4. The predicted molar refractivity (Wildman–Crippen MR) is 66.4 cm³/mol. The Labute approximate surface area is 107 Å². The Morgan fingerprint density at radius 2 is 2.29 bits per heavy atom. The lowest BCUT2D eigenvalue weighted by atomic mass is 10.1. The van der Waals surface area contributed by atoms with Crippen LogP contribution < -0.4 is 5.32 Å². The molecule has 1 N–H and O–H groups in total. The van der Waals surface area contributed by atoms with Crippen LogP contribution in [0.1, 0.15) is 23.5 Å². The molecular formula is C11H17ClN4O. The Kier molecular flexibility index (Phi) is 3.69. The number of nitrogens with one attached hydrogen (secondary N) is 1. The molecule has 0 radical (unpaired) electrons. The number of imidazole rings is 1. The monoisotopic (exact) mass is 256 g/mol. The molecule has 6 heteroatoms. The summed E-state index contributed by atoms with van der Waals surface area (Å²) in [6.07, 6.45) is 5.85. The Morgan fingerprint density at radius 3 is 3.06 bits per heavy atom. The van der Waals surface area contributed by atoms with Crippen molar-refractivity contribution in [3.05, 3.63) is 18.2 Å². The highest BCUT2D eigenvalue weighted by Crippen LogP contribution is 2.17. The average molecular weight is 257 g/mol. The van der Waals surface area contributed by atoms with Gasteiger partial charge in [0.25, 0.3) is 5.91 Å². The van der Waals surface area contributed by atoms with E-state index in [1.807, 2.05) is 15.7 Å². The van der Waals surface area contributed by atoms with Crippen molar-refractivity contribution in [2.75, 3.05) is 19.6 Å². The Hall–Kier alpha value is -1.07. The van der Waals surface area contributed by atoms with Gasteiger partial charge in [0, 0.05) is 38.1 Å². The summed E-state index contributed by atoms with van der Waals surface area (Å²) in [5.41, 5.74) is 0. The van der Waals surface area contributed by atoms with Crippen molar-refractivity contribution in [3.63, 3.8) is 0 Å². The first kappa shape index (κ1) is 12.4. The minimum absolute atomic E-state index is 0. The highest BCUT2D eigenvalue weighted by molar-refractivity contribution is 5.91. The first-order valence-electron chi connectivity index (χ1n) is 5.89. The van der Waals surface area contributed by atoms with Gasteiger partial charge in [0.2, 0.25) is 0 Å². The minimum Gasteiger partial charge on any atom is -0.330 e. The Balaban J connectivity index is 0.00000108. The number of carbonyl (C=O) groups excluding carboxylic acids is 1. The molecule has 0 aromatic carbocycles. The summed E-state index contributed by atoms with van der Waals surface area (Å²) in [6.45, 7) is 3.69. The third-order valence-electron chi connectivity index (χ3n) is 3.46. The Morgan fingerprint density at radius 1 is 1.41 bits per heavy atom. The maximum absolute atomic E-state index is 12.2. The second kappa shape index (κ2) is 5.06. The molecule has 94 valence electrons. The second-order valence-electron chi connectivity index (χ2n) is 4.44. The van der Waals surface area contributed by atoms with Crippen LogP contribution >= 0.6 is 12.4 Å². The second-order valence-corrected chi connectivity index (χ2v) is 4.44. The van der Waals surface area contributed by atoms with Crippen molar-refractivity contribution in [2.45, 2.75) is 25.4 Å². The number of piperidine rings is 1. The van der Waals surface area contributed by atoms with Crippen LogP contribution in [-0.2, 0) is 6.54 Å². The quantitative estimate of drug-likeness (QED) is 0.797. The molecule has 5 nitrogen and oxygen atoms in total. The molecule has 2 aliphatic heterocycles. The highest BCUT2D eigenvalue weighted by Gasteiger charge is 2.31. The number of halogens is 1. The number of hydrogen-bond acceptors (Lipinski definition) is 3. The maximum atomic E-state index is 12.2. The van der Waals surface area contributed by atoms with Crippen molar-refractivity contribution < 1.29 is 4.79 Å². The van der Waals surface area contributed by atoms with Crippen LogP contribution in [0.15, 0.2) is 12.4 Å². The fraction of sp³-hybridized carbons (Fsp3) is 0.636. The van der Waals surface area contributed by atoms with E-state index in [9.17, 15) is 4.79 Å². The van der Waals surface area contributed by atoms with E-state index in [1.54, 1.807) is 6.20 Å². The van der Waals surface area contributed by atoms with Gasteiger partial charge in [-0.1, -0.05) is 0 Å². The lowest BCUT2D eigenvalue weighted by molar-refractivity contribution is 0.0579. The van der Waals surface area contributed by atoms with E-state index in [1.165, 1.54) is 0 Å². The van der Waals surface area contributed by atoms with Crippen LogP contribution in [0.25, 0.3) is 0 Å². The van der Waals surface area contributed by atoms with Gasteiger partial charge in [-0.15, -0.1) is 12.4 Å². The van der Waals surface area contributed by atoms with E-state index >= 15 is 0 Å². The lowest BCUT2D eigenvalue weighted by Gasteiger charge is -2.36. The van der Waals surface area contributed by atoms with Crippen LogP contribution in [-0.4, -0.2) is 46.0 Å². The number of hydrogen-bond donors (Lipinski definition) is 1. The fourth-order valence-electron chi connectivity index (χ4n) is 2.58. The summed E-state index contributed by atoms with van der Waals surface area (Å²) in [5.74, 6) is 0.682. The molecule has 1 atom stereocenters. The normalized spacial score (nSPS) is 24.1. The smallest absolute Gasteiger partial charge is 0.290 e. The number of amides is 1. The molecule has 2 aliphatic rings. The van der Waals surface area contributed by atoms with Gasteiger partial charge in [0.05, 0.1) is 0 Å². The minimum atomic E-state index is 0. The zero-order valence-electron chi connectivity index (χ0n) is 9.63. The molecule has 0 bridgehead atoms. The molecular weight excluding hydrogens is 240 g/mol. The van der Waals surface area contributed by atoms with Gasteiger partial charge >= 0.3 is 0 Å². The predicted octanol–water partition coefficient (Wildman–Crippen LogP) is 0.513. The van der Waals surface area contributed by atoms with E-state index in [0.29, 0.717) is 11.9 Å². The summed E-state index contributed by atoms with van der Waals surface area (Å²) in [7, 11) is 0. The third-order valence-corrected chi connectivity index (χ3v) is 3.46. The van der Waals surface area contributed by atoms with E-state index in [4.69, 9.17) is 0 Å². The van der Waals surface area contributed by atoms with Gasteiger partial charge < -0.3 is 14.8 Å². The van der Waals surface area contributed by atoms with Crippen LogP contribution in [0.4, 0.5) is 0 Å². The number of aromatic nitrogens is 2. The molecule has 0 saturated carbocycles. The van der Waals surface area contributed by atoms with Crippen molar-refractivity contribution in [1.29, 1.82) is 0 Å². The fourth-order valence-corrected chi connectivity index (χ4v) is 2.58. The summed E-state index contributed by atoms with van der Waals surface area (Å²) < 4.78 is 1.94. The van der Waals surface area contributed by atoms with Crippen molar-refractivity contribution in [3.8, 4) is 0 Å². The molecule has 3 heterocycles. The standard InChI is InChI=1S/C11H16N4O.ClH/c16-11-10-13-4-5-14(10)6-7-15(11)9-2-1-3-12-8-9;/h4-5,9,12H,1-3,6-8H2;1H/t9-;/m1./s1. The van der Waals surface area contributed by atoms with Gasteiger partial charge in [-0.25, -0.2) is 4.98 Å². The molecule has 0 spiro atoms. The third kappa shape index (κ3) is 2.17. The topological polar surface area (TPSA) is 50.2 Å². The molecule has 0 aliphatic carbocycles. The van der Waals surface area contributed by atoms with Gasteiger partial charge in [-0.2, -0.15) is 0 Å². The van der Waals surface area contributed by atoms with E-state index < -0.39 is 0 Å². The summed E-state index contributed by atoms with van der Waals surface area (Å²) in [4.78, 5) is 18.3. The number of nitrogens with zero attached hydrogens (tertiary/aromatic N) is 3. The molecule has 3 rings (SSSR count). The first-order chi connectivity index (χ1) is 7.86. The van der Waals surface area contributed by atoms with Crippen molar-refractivity contribution >= 4 is 18.3 Å². The van der Waals surface area contributed by atoms with Crippen LogP contribution in [0.3, 0.4) is 0 Å². The SMILES string of the molecule is Cl.O=C1c2nccn2CCN1[C@@H]1CCCNC1. The number of fused-ring (bicyclic) bond motifs is 1. The van der Waals surface area contributed by atoms with E-state index in [-0.39, 0.29) is 18.3 Å². The molecule has 1 saturated heterocycles. The Bertz CT molecular complexity index is 400. The maximum Gasteiger partial charge on any atom is 0.290 e. The van der Waals surface area contributed by atoms with Crippen molar-refractivity contribution in [2.24, 2.45) is 0 Å². The van der Waals surface area contributed by atoms with Crippen LogP contribution in [0.2, 0.25) is 0 Å². The molecule has 0 unspecified atom stereocenters. The van der Waals surface area contributed by atoms with E-state index in [2.05, 4.69) is 10.3 Å². The molecule has 1 amide bonds. The number of rotatable bonds is 1. The number of carbonyl (C=O) groups is 1. The average Bonchev–Trinajstić information content (AvgIpc) is 2.80. The zero-order chi connectivity index (χ0) is 11.0. The van der Waals surface area contributed by atoms with Gasteiger partial charge in [0.15, 0.2) is 5.82 Å². The van der Waals surface area contributed by atoms with Gasteiger partial charge in [0.1, 0.15) is 0 Å². The first-order valence-corrected chi connectivity index (χ1v) is 5.89.